The number of carbonyl (C=O) groups is 1. The van der Waals surface area contributed by atoms with Crippen LogP contribution in [0, 0.1) is 13.8 Å². The van der Waals surface area contributed by atoms with Gasteiger partial charge in [-0.15, -0.1) is 11.3 Å². The van der Waals surface area contributed by atoms with Gasteiger partial charge in [-0.25, -0.2) is 15.0 Å². The van der Waals surface area contributed by atoms with E-state index in [0.29, 0.717) is 16.8 Å². The van der Waals surface area contributed by atoms with Crippen molar-refractivity contribution in [1.29, 1.82) is 0 Å². The summed E-state index contributed by atoms with van der Waals surface area (Å²) in [6, 6.07) is 6.33. The topological polar surface area (TPSA) is 79.8 Å². The zero-order chi connectivity index (χ0) is 20.3. The SMILES string of the molecule is Cc1cc(C)nc(Nc2nc(CC(=O)Nc3cccc(C(F)(F)F)c3)cs2)n1. The van der Waals surface area contributed by atoms with E-state index in [-0.39, 0.29) is 12.1 Å². The number of hydrogen-bond acceptors (Lipinski definition) is 6. The fourth-order valence-corrected chi connectivity index (χ4v) is 3.17. The molecule has 3 aromatic rings. The fraction of sp³-hybridized carbons (Fsp3) is 0.222. The smallest absolute Gasteiger partial charge is 0.326 e. The van der Waals surface area contributed by atoms with Crippen molar-refractivity contribution in [2.75, 3.05) is 10.6 Å². The summed E-state index contributed by atoms with van der Waals surface area (Å²) in [6.45, 7) is 3.70. The van der Waals surface area contributed by atoms with Crippen molar-refractivity contribution >= 4 is 34.0 Å². The fourth-order valence-electron chi connectivity index (χ4n) is 2.47. The Morgan fingerprint density at radius 3 is 2.50 bits per heavy atom. The maximum Gasteiger partial charge on any atom is 0.416 e. The van der Waals surface area contributed by atoms with Crippen LogP contribution in [0.2, 0.25) is 0 Å². The van der Waals surface area contributed by atoms with Crippen LogP contribution < -0.4 is 10.6 Å². The monoisotopic (exact) mass is 407 g/mol. The van der Waals surface area contributed by atoms with Gasteiger partial charge in [-0.3, -0.25) is 4.79 Å². The Bertz CT molecular complexity index is 983. The maximum atomic E-state index is 12.7. The average Bonchev–Trinajstić information content (AvgIpc) is 3.00. The second-order valence-corrected chi connectivity index (χ2v) is 6.90. The number of rotatable bonds is 5. The first-order valence-electron chi connectivity index (χ1n) is 8.20. The van der Waals surface area contributed by atoms with Gasteiger partial charge in [0.2, 0.25) is 11.9 Å². The van der Waals surface area contributed by atoms with Crippen LogP contribution in [0.4, 0.5) is 29.9 Å². The number of aryl methyl sites for hydroxylation is 2. The zero-order valence-corrected chi connectivity index (χ0v) is 15.8. The van der Waals surface area contributed by atoms with Crippen LogP contribution in [0.1, 0.15) is 22.6 Å². The standard InChI is InChI=1S/C18H16F3N5OS/c1-10-6-11(2)23-16(22-10)26-17-25-14(9-28-17)8-15(27)24-13-5-3-4-12(7-13)18(19,20)21/h3-7,9H,8H2,1-2H3,(H,24,27)(H,22,23,25,26). The second-order valence-electron chi connectivity index (χ2n) is 6.05. The van der Waals surface area contributed by atoms with Crippen molar-refractivity contribution in [2.24, 2.45) is 0 Å². The van der Waals surface area contributed by atoms with Crippen molar-refractivity contribution in [1.82, 2.24) is 15.0 Å². The van der Waals surface area contributed by atoms with Crippen LogP contribution in [0.15, 0.2) is 35.7 Å². The lowest BCUT2D eigenvalue weighted by Gasteiger charge is -2.09. The van der Waals surface area contributed by atoms with Crippen molar-refractivity contribution in [3.05, 3.63) is 58.4 Å². The molecule has 2 aromatic heterocycles. The summed E-state index contributed by atoms with van der Waals surface area (Å²) in [5.74, 6) is -0.0503. The highest BCUT2D eigenvalue weighted by Crippen LogP contribution is 2.30. The van der Waals surface area contributed by atoms with Gasteiger partial charge in [0.1, 0.15) is 0 Å². The van der Waals surface area contributed by atoms with E-state index >= 15 is 0 Å². The zero-order valence-electron chi connectivity index (χ0n) is 15.0. The molecule has 0 atom stereocenters. The molecule has 28 heavy (non-hydrogen) atoms. The van der Waals surface area contributed by atoms with E-state index in [1.807, 2.05) is 19.9 Å². The third kappa shape index (κ3) is 5.26. The number of alkyl halides is 3. The van der Waals surface area contributed by atoms with Crippen LogP contribution in [-0.2, 0) is 17.4 Å². The molecule has 0 saturated heterocycles. The maximum absolute atomic E-state index is 12.7. The molecule has 1 amide bonds. The number of aromatic nitrogens is 3. The first-order valence-corrected chi connectivity index (χ1v) is 9.08. The van der Waals surface area contributed by atoms with E-state index in [1.54, 1.807) is 5.38 Å². The molecule has 2 heterocycles. The van der Waals surface area contributed by atoms with Gasteiger partial charge in [0, 0.05) is 22.5 Å². The first kappa shape index (κ1) is 19.7. The lowest BCUT2D eigenvalue weighted by molar-refractivity contribution is -0.137. The molecule has 0 unspecified atom stereocenters. The molecule has 0 aliphatic rings. The summed E-state index contributed by atoms with van der Waals surface area (Å²) < 4.78 is 38.2. The Balaban J connectivity index is 1.62. The van der Waals surface area contributed by atoms with Crippen LogP contribution >= 0.6 is 11.3 Å². The van der Waals surface area contributed by atoms with Gasteiger partial charge < -0.3 is 10.6 Å². The lowest BCUT2D eigenvalue weighted by atomic mass is 10.2. The molecule has 3 rings (SSSR count). The normalized spacial score (nSPS) is 11.3. The quantitative estimate of drug-likeness (QED) is 0.651. The van der Waals surface area contributed by atoms with Crippen LogP contribution in [-0.4, -0.2) is 20.9 Å². The molecule has 0 saturated carbocycles. The van der Waals surface area contributed by atoms with Gasteiger partial charge in [-0.05, 0) is 38.1 Å². The molecule has 1 aromatic carbocycles. The molecular formula is C18H16F3N5OS. The number of thiazole rings is 1. The minimum Gasteiger partial charge on any atom is -0.326 e. The molecule has 0 radical (unpaired) electrons. The third-order valence-electron chi connectivity index (χ3n) is 3.57. The molecule has 2 N–H and O–H groups in total. The van der Waals surface area contributed by atoms with Crippen molar-refractivity contribution in [2.45, 2.75) is 26.4 Å². The minimum atomic E-state index is -4.47. The lowest BCUT2D eigenvalue weighted by Crippen LogP contribution is -2.15. The van der Waals surface area contributed by atoms with Gasteiger partial charge >= 0.3 is 6.18 Å². The number of halogens is 3. The summed E-state index contributed by atoms with van der Waals surface area (Å²) in [5, 5.41) is 7.65. The molecule has 0 fully saturated rings. The molecule has 6 nitrogen and oxygen atoms in total. The van der Waals surface area contributed by atoms with Crippen LogP contribution in [0.25, 0.3) is 0 Å². The number of carbonyl (C=O) groups excluding carboxylic acids is 1. The predicted molar refractivity (Wildman–Crippen MR) is 101 cm³/mol. The number of anilines is 3. The predicted octanol–water partition coefficient (Wildman–Crippen LogP) is 4.49. The molecule has 0 aliphatic carbocycles. The number of nitrogens with one attached hydrogen (secondary N) is 2. The van der Waals surface area contributed by atoms with Gasteiger partial charge in [0.25, 0.3) is 0 Å². The molecule has 0 bridgehead atoms. The minimum absolute atomic E-state index is 0.0673. The van der Waals surface area contributed by atoms with Crippen molar-refractivity contribution in [3.8, 4) is 0 Å². The second kappa shape index (κ2) is 7.93. The third-order valence-corrected chi connectivity index (χ3v) is 4.37. The van der Waals surface area contributed by atoms with Crippen molar-refractivity contribution in [3.63, 3.8) is 0 Å². The summed E-state index contributed by atoms with van der Waals surface area (Å²) in [5.41, 5.74) is 1.37. The van der Waals surface area contributed by atoms with E-state index in [9.17, 15) is 18.0 Å². The summed E-state index contributed by atoms with van der Waals surface area (Å²) in [4.78, 5) is 24.9. The Morgan fingerprint density at radius 1 is 1.11 bits per heavy atom. The molecule has 146 valence electrons. The van der Waals surface area contributed by atoms with Crippen LogP contribution in [0.3, 0.4) is 0 Å². The van der Waals surface area contributed by atoms with E-state index < -0.39 is 17.6 Å². The number of benzene rings is 1. The van der Waals surface area contributed by atoms with E-state index in [1.165, 1.54) is 23.5 Å². The largest absolute Gasteiger partial charge is 0.416 e. The van der Waals surface area contributed by atoms with Gasteiger partial charge in [-0.2, -0.15) is 13.2 Å². The summed E-state index contributed by atoms with van der Waals surface area (Å²) in [6.07, 6.45) is -4.53. The highest BCUT2D eigenvalue weighted by molar-refractivity contribution is 7.13. The number of nitrogens with zero attached hydrogens (tertiary/aromatic N) is 3. The van der Waals surface area contributed by atoms with Crippen molar-refractivity contribution < 1.29 is 18.0 Å². The molecule has 0 aliphatic heterocycles. The first-order chi connectivity index (χ1) is 13.2. The van der Waals surface area contributed by atoms with E-state index in [0.717, 1.165) is 23.5 Å². The molecule has 10 heteroatoms. The van der Waals surface area contributed by atoms with Gasteiger partial charge in [-0.1, -0.05) is 6.07 Å². The highest BCUT2D eigenvalue weighted by atomic mass is 32.1. The Kier molecular flexibility index (Phi) is 5.59. The highest BCUT2D eigenvalue weighted by Gasteiger charge is 2.30. The number of hydrogen-bond donors (Lipinski definition) is 2. The van der Waals surface area contributed by atoms with E-state index in [2.05, 4.69) is 25.6 Å². The average molecular weight is 407 g/mol. The van der Waals surface area contributed by atoms with E-state index in [4.69, 9.17) is 0 Å². The van der Waals surface area contributed by atoms with Crippen LogP contribution in [0.5, 0.6) is 0 Å². The summed E-state index contributed by atoms with van der Waals surface area (Å²) >= 11 is 1.28. The van der Waals surface area contributed by atoms with Gasteiger partial charge in [0.15, 0.2) is 5.13 Å². The Morgan fingerprint density at radius 2 is 1.82 bits per heavy atom. The number of amides is 1. The molecular weight excluding hydrogens is 391 g/mol. The Labute approximate surface area is 162 Å². The van der Waals surface area contributed by atoms with Gasteiger partial charge in [0.05, 0.1) is 17.7 Å². The summed E-state index contributed by atoms with van der Waals surface area (Å²) in [7, 11) is 0. The Hall–Kier alpha value is -3.01. The molecule has 0 spiro atoms.